The minimum atomic E-state index is 1.29. The highest BCUT2D eigenvalue weighted by atomic mass is 15.0. The van der Waals surface area contributed by atoms with E-state index in [0.717, 1.165) is 0 Å². The Kier molecular flexibility index (Phi) is 3.28. The first kappa shape index (κ1) is 15.0. The fourth-order valence-corrected chi connectivity index (χ4v) is 4.02. The van der Waals surface area contributed by atoms with Crippen molar-refractivity contribution in [1.82, 2.24) is 4.57 Å². The summed E-state index contributed by atoms with van der Waals surface area (Å²) in [7, 11) is 0. The fraction of sp³-hybridized carbons (Fsp3) is 0.217. The van der Waals surface area contributed by atoms with Crippen LogP contribution in [0.3, 0.4) is 0 Å². The van der Waals surface area contributed by atoms with Gasteiger partial charge in [0.05, 0.1) is 16.7 Å². The number of nitrogens with zero attached hydrogens (tertiary/aromatic N) is 1. The third-order valence-electron chi connectivity index (χ3n) is 4.94. The minimum Gasteiger partial charge on any atom is -0.309 e. The molecule has 0 fully saturated rings. The third-order valence-corrected chi connectivity index (χ3v) is 4.94. The maximum absolute atomic E-state index is 2.44. The molecule has 0 saturated heterocycles. The molecule has 1 aromatic heterocycles. The lowest BCUT2D eigenvalue weighted by Gasteiger charge is -2.15. The van der Waals surface area contributed by atoms with Gasteiger partial charge >= 0.3 is 0 Å². The van der Waals surface area contributed by atoms with Crippen molar-refractivity contribution in [3.8, 4) is 5.69 Å². The van der Waals surface area contributed by atoms with Gasteiger partial charge in [-0.25, -0.2) is 0 Å². The van der Waals surface area contributed by atoms with Crippen LogP contribution in [0.2, 0.25) is 0 Å². The molecule has 4 aromatic rings. The minimum absolute atomic E-state index is 1.29. The first-order valence-electron chi connectivity index (χ1n) is 8.55. The van der Waals surface area contributed by atoms with Gasteiger partial charge in [0.1, 0.15) is 0 Å². The molecule has 120 valence electrons. The molecule has 24 heavy (non-hydrogen) atoms. The smallest absolute Gasteiger partial charge is 0.0541 e. The first-order chi connectivity index (χ1) is 11.5. The first-order valence-corrected chi connectivity index (χ1v) is 8.55. The molecule has 0 amide bonds. The number of hydrogen-bond donors (Lipinski definition) is 0. The molecule has 0 aliphatic heterocycles. The van der Waals surface area contributed by atoms with Crippen LogP contribution in [0.25, 0.3) is 27.5 Å². The Morgan fingerprint density at radius 3 is 1.46 bits per heavy atom. The average Bonchev–Trinajstić information content (AvgIpc) is 2.80. The van der Waals surface area contributed by atoms with Crippen LogP contribution in [0, 0.1) is 34.6 Å². The Labute approximate surface area is 143 Å². The number of hydrogen-bond acceptors (Lipinski definition) is 0. The van der Waals surface area contributed by atoms with Crippen LogP contribution in [0.4, 0.5) is 0 Å². The second-order valence-electron chi connectivity index (χ2n) is 7.12. The van der Waals surface area contributed by atoms with Crippen molar-refractivity contribution >= 4 is 21.8 Å². The van der Waals surface area contributed by atoms with E-state index in [9.17, 15) is 0 Å². The summed E-state index contributed by atoms with van der Waals surface area (Å²) in [5.74, 6) is 0. The van der Waals surface area contributed by atoms with E-state index in [0.29, 0.717) is 0 Å². The van der Waals surface area contributed by atoms with Crippen LogP contribution in [0.15, 0.2) is 48.5 Å². The summed E-state index contributed by atoms with van der Waals surface area (Å²) in [6, 6.07) is 18.1. The molecule has 0 spiro atoms. The zero-order valence-electron chi connectivity index (χ0n) is 15.1. The van der Waals surface area contributed by atoms with Crippen molar-refractivity contribution in [2.75, 3.05) is 0 Å². The monoisotopic (exact) mass is 313 g/mol. The molecule has 0 N–H and O–H groups in total. The molecule has 0 atom stereocenters. The quantitative estimate of drug-likeness (QED) is 0.387. The van der Waals surface area contributed by atoms with Crippen LogP contribution < -0.4 is 0 Å². The lowest BCUT2D eigenvalue weighted by Crippen LogP contribution is -2.00. The van der Waals surface area contributed by atoms with Crippen molar-refractivity contribution in [2.45, 2.75) is 34.6 Å². The van der Waals surface area contributed by atoms with E-state index < -0.39 is 0 Å². The van der Waals surface area contributed by atoms with E-state index in [-0.39, 0.29) is 0 Å². The van der Waals surface area contributed by atoms with Crippen molar-refractivity contribution < 1.29 is 0 Å². The standard InChI is InChI=1S/C23H23N/c1-14-6-8-21-19(12-14)20-13-15(2)7-9-22(20)24(21)23-17(4)10-16(3)11-18(23)5/h6-13H,1-5H3. The van der Waals surface area contributed by atoms with Crippen LogP contribution in [-0.4, -0.2) is 4.57 Å². The van der Waals surface area contributed by atoms with Crippen molar-refractivity contribution in [3.63, 3.8) is 0 Å². The van der Waals surface area contributed by atoms with Gasteiger partial charge in [0, 0.05) is 10.8 Å². The summed E-state index contributed by atoms with van der Waals surface area (Å²) >= 11 is 0. The Bertz CT molecular complexity index is 1010. The van der Waals surface area contributed by atoms with E-state index in [1.807, 2.05) is 0 Å². The van der Waals surface area contributed by atoms with Crippen LogP contribution in [0.5, 0.6) is 0 Å². The molecule has 0 unspecified atom stereocenters. The van der Waals surface area contributed by atoms with Crippen molar-refractivity contribution in [1.29, 1.82) is 0 Å². The summed E-state index contributed by atoms with van der Waals surface area (Å²) in [6.07, 6.45) is 0. The topological polar surface area (TPSA) is 4.93 Å². The van der Waals surface area contributed by atoms with Crippen molar-refractivity contribution in [3.05, 3.63) is 76.3 Å². The van der Waals surface area contributed by atoms with E-state index in [1.54, 1.807) is 0 Å². The van der Waals surface area contributed by atoms with Gasteiger partial charge in [-0.15, -0.1) is 0 Å². The van der Waals surface area contributed by atoms with Gasteiger partial charge < -0.3 is 4.57 Å². The van der Waals surface area contributed by atoms with E-state index in [4.69, 9.17) is 0 Å². The normalized spacial score (nSPS) is 11.5. The fourth-order valence-electron chi connectivity index (χ4n) is 4.02. The number of fused-ring (bicyclic) bond motifs is 3. The Morgan fingerprint density at radius 2 is 1.00 bits per heavy atom. The third kappa shape index (κ3) is 2.16. The lowest BCUT2D eigenvalue weighted by atomic mass is 10.0. The molecule has 4 rings (SSSR count). The predicted octanol–water partition coefficient (Wildman–Crippen LogP) is 6.33. The Morgan fingerprint density at radius 1 is 0.542 bits per heavy atom. The highest BCUT2D eigenvalue weighted by Gasteiger charge is 2.15. The molecular weight excluding hydrogens is 290 g/mol. The van der Waals surface area contributed by atoms with Crippen LogP contribution in [0.1, 0.15) is 27.8 Å². The maximum atomic E-state index is 2.44. The number of aromatic nitrogens is 1. The molecule has 0 bridgehead atoms. The van der Waals surface area contributed by atoms with E-state index in [1.165, 1.54) is 55.3 Å². The van der Waals surface area contributed by atoms with Gasteiger partial charge in [-0.1, -0.05) is 41.0 Å². The molecule has 0 radical (unpaired) electrons. The van der Waals surface area contributed by atoms with Crippen LogP contribution >= 0.6 is 0 Å². The summed E-state index contributed by atoms with van der Waals surface area (Å²) in [6.45, 7) is 10.9. The number of aryl methyl sites for hydroxylation is 5. The molecular formula is C23H23N. The average molecular weight is 313 g/mol. The second kappa shape index (κ2) is 5.24. The zero-order valence-corrected chi connectivity index (χ0v) is 15.1. The SMILES string of the molecule is Cc1cc(C)c(-n2c3ccc(C)cc3c3cc(C)ccc32)c(C)c1. The molecule has 3 aromatic carbocycles. The predicted molar refractivity (Wildman–Crippen MR) is 104 cm³/mol. The molecule has 0 saturated carbocycles. The van der Waals surface area contributed by atoms with Gasteiger partial charge in [-0.3, -0.25) is 0 Å². The highest BCUT2D eigenvalue weighted by molar-refractivity contribution is 6.09. The van der Waals surface area contributed by atoms with E-state index >= 15 is 0 Å². The van der Waals surface area contributed by atoms with Gasteiger partial charge in [-0.2, -0.15) is 0 Å². The molecule has 0 aliphatic carbocycles. The number of rotatable bonds is 1. The summed E-state index contributed by atoms with van der Waals surface area (Å²) in [4.78, 5) is 0. The summed E-state index contributed by atoms with van der Waals surface area (Å²) in [5.41, 5.74) is 10.5. The lowest BCUT2D eigenvalue weighted by molar-refractivity contribution is 1.11. The highest BCUT2D eigenvalue weighted by Crippen LogP contribution is 2.35. The van der Waals surface area contributed by atoms with Gasteiger partial charge in [0.2, 0.25) is 0 Å². The van der Waals surface area contributed by atoms with Crippen molar-refractivity contribution in [2.24, 2.45) is 0 Å². The molecule has 1 heteroatoms. The Balaban J connectivity index is 2.23. The molecule has 0 aliphatic rings. The maximum Gasteiger partial charge on any atom is 0.0541 e. The Hall–Kier alpha value is -2.54. The van der Waals surface area contributed by atoms with E-state index in [2.05, 4.69) is 87.7 Å². The van der Waals surface area contributed by atoms with Gasteiger partial charge in [0.15, 0.2) is 0 Å². The van der Waals surface area contributed by atoms with Gasteiger partial charge in [0.25, 0.3) is 0 Å². The largest absolute Gasteiger partial charge is 0.309 e. The van der Waals surface area contributed by atoms with Crippen LogP contribution in [-0.2, 0) is 0 Å². The summed E-state index contributed by atoms with van der Waals surface area (Å²) < 4.78 is 2.44. The molecule has 1 heterocycles. The second-order valence-corrected chi connectivity index (χ2v) is 7.12. The number of benzene rings is 3. The zero-order chi connectivity index (χ0) is 17.0. The summed E-state index contributed by atoms with van der Waals surface area (Å²) in [5, 5.41) is 2.68. The van der Waals surface area contributed by atoms with Gasteiger partial charge in [-0.05, 0) is 70.0 Å². The molecule has 1 nitrogen and oxygen atoms in total.